The minimum Gasteiger partial charge on any atom is -0.327 e. The van der Waals surface area contributed by atoms with Gasteiger partial charge in [0.25, 0.3) is 0 Å². The van der Waals surface area contributed by atoms with E-state index in [9.17, 15) is 4.79 Å². The Morgan fingerprint density at radius 1 is 1.38 bits per heavy atom. The summed E-state index contributed by atoms with van der Waals surface area (Å²) in [5.41, 5.74) is 6.30. The van der Waals surface area contributed by atoms with Crippen molar-refractivity contribution in [2.75, 3.05) is 0 Å². The lowest BCUT2D eigenvalue weighted by molar-refractivity contribution is 0.0968. The molecule has 1 rings (SSSR count). The monoisotopic (exact) mass is 259 g/mol. The molecule has 0 bridgehead atoms. The molecular formula is C12H15Cl2NO. The van der Waals surface area contributed by atoms with Crippen LogP contribution in [0.25, 0.3) is 0 Å². The van der Waals surface area contributed by atoms with Crippen LogP contribution in [0.2, 0.25) is 10.0 Å². The zero-order valence-electron chi connectivity index (χ0n) is 9.34. The second kappa shape index (κ2) is 5.67. The van der Waals surface area contributed by atoms with Crippen LogP contribution in [0.4, 0.5) is 0 Å². The summed E-state index contributed by atoms with van der Waals surface area (Å²) in [4.78, 5) is 11.9. The molecule has 0 aromatic heterocycles. The summed E-state index contributed by atoms with van der Waals surface area (Å²) in [5, 5.41) is 0.704. The molecule has 0 saturated carbocycles. The highest BCUT2D eigenvalue weighted by Crippen LogP contribution is 2.26. The van der Waals surface area contributed by atoms with Gasteiger partial charge >= 0.3 is 0 Å². The second-order valence-electron chi connectivity index (χ2n) is 4.14. The van der Waals surface area contributed by atoms with Gasteiger partial charge in [-0.05, 0) is 18.1 Å². The van der Waals surface area contributed by atoms with Crippen LogP contribution in [0, 0.1) is 5.92 Å². The van der Waals surface area contributed by atoms with Crippen molar-refractivity contribution in [3.8, 4) is 0 Å². The zero-order chi connectivity index (χ0) is 12.3. The molecule has 1 atom stereocenters. The molecule has 0 aliphatic rings. The lowest BCUT2D eigenvalue weighted by Crippen LogP contribution is -2.29. The minimum atomic E-state index is -0.150. The summed E-state index contributed by atoms with van der Waals surface area (Å²) in [6.07, 6.45) is 0.289. The molecule has 0 heterocycles. The highest BCUT2D eigenvalue weighted by Gasteiger charge is 2.17. The van der Waals surface area contributed by atoms with Crippen molar-refractivity contribution in [1.29, 1.82) is 0 Å². The van der Waals surface area contributed by atoms with Gasteiger partial charge in [0, 0.05) is 18.0 Å². The number of nitrogens with two attached hydrogens (primary N) is 1. The lowest BCUT2D eigenvalue weighted by atomic mass is 9.96. The summed E-state index contributed by atoms with van der Waals surface area (Å²) in [7, 11) is 0. The summed E-state index contributed by atoms with van der Waals surface area (Å²) in [5.74, 6) is 0.204. The fourth-order valence-corrected chi connectivity index (χ4v) is 1.68. The topological polar surface area (TPSA) is 43.1 Å². The molecule has 16 heavy (non-hydrogen) atoms. The molecule has 0 aliphatic carbocycles. The smallest absolute Gasteiger partial charge is 0.165 e. The fourth-order valence-electron chi connectivity index (χ4n) is 1.28. The van der Waals surface area contributed by atoms with Gasteiger partial charge in [0.15, 0.2) is 5.78 Å². The average Bonchev–Trinajstić information content (AvgIpc) is 2.21. The van der Waals surface area contributed by atoms with Crippen LogP contribution in [-0.2, 0) is 0 Å². The maximum absolute atomic E-state index is 11.9. The Morgan fingerprint density at radius 3 is 2.56 bits per heavy atom. The number of ketones is 1. The number of hydrogen-bond acceptors (Lipinski definition) is 2. The SMILES string of the molecule is CC(C)C(N)CC(=O)c1cccc(Cl)c1Cl. The first-order valence-electron chi connectivity index (χ1n) is 5.16. The largest absolute Gasteiger partial charge is 0.327 e. The Morgan fingerprint density at radius 2 is 2.00 bits per heavy atom. The molecule has 1 aromatic rings. The minimum absolute atomic E-state index is 0.0614. The number of Topliss-reactive ketones (excluding diaryl/α,β-unsaturated/α-hetero) is 1. The van der Waals surface area contributed by atoms with Crippen LogP contribution < -0.4 is 5.73 Å². The van der Waals surface area contributed by atoms with Crippen LogP contribution in [0.1, 0.15) is 30.6 Å². The Bertz CT molecular complexity index is 391. The predicted octanol–water partition coefficient (Wildman–Crippen LogP) is 3.55. The van der Waals surface area contributed by atoms with E-state index in [4.69, 9.17) is 28.9 Å². The van der Waals surface area contributed by atoms with Gasteiger partial charge in [0.2, 0.25) is 0 Å². The molecule has 0 spiro atoms. The van der Waals surface area contributed by atoms with Gasteiger partial charge in [-0.3, -0.25) is 4.79 Å². The van der Waals surface area contributed by atoms with Crippen molar-refractivity contribution < 1.29 is 4.79 Å². The molecule has 0 amide bonds. The van der Waals surface area contributed by atoms with E-state index in [0.717, 1.165) is 0 Å². The highest BCUT2D eigenvalue weighted by molar-refractivity contribution is 6.43. The van der Waals surface area contributed by atoms with Crippen molar-refractivity contribution in [3.05, 3.63) is 33.8 Å². The Balaban J connectivity index is 2.85. The van der Waals surface area contributed by atoms with Crippen molar-refractivity contribution in [2.24, 2.45) is 11.7 Å². The summed E-state index contributed by atoms with van der Waals surface area (Å²) in [6.45, 7) is 3.97. The van der Waals surface area contributed by atoms with Crippen LogP contribution in [0.5, 0.6) is 0 Å². The van der Waals surface area contributed by atoms with Gasteiger partial charge in [-0.1, -0.05) is 43.1 Å². The molecule has 0 radical (unpaired) electrons. The molecule has 0 aliphatic heterocycles. The molecule has 4 heteroatoms. The molecule has 0 fully saturated rings. The molecule has 88 valence electrons. The third-order valence-electron chi connectivity index (χ3n) is 2.53. The van der Waals surface area contributed by atoms with E-state index in [1.807, 2.05) is 13.8 Å². The van der Waals surface area contributed by atoms with Gasteiger partial charge in [0.1, 0.15) is 0 Å². The predicted molar refractivity (Wildman–Crippen MR) is 68.2 cm³/mol. The molecule has 2 nitrogen and oxygen atoms in total. The Kier molecular flexibility index (Phi) is 4.78. The number of carbonyl (C=O) groups is 1. The van der Waals surface area contributed by atoms with E-state index in [1.165, 1.54) is 0 Å². The lowest BCUT2D eigenvalue weighted by Gasteiger charge is -2.15. The number of carbonyl (C=O) groups excluding carboxylic acids is 1. The van der Waals surface area contributed by atoms with Crippen LogP contribution in [-0.4, -0.2) is 11.8 Å². The van der Waals surface area contributed by atoms with Crippen LogP contribution in [0.3, 0.4) is 0 Å². The molecule has 2 N–H and O–H groups in total. The highest BCUT2D eigenvalue weighted by atomic mass is 35.5. The van der Waals surface area contributed by atoms with Gasteiger partial charge in [-0.2, -0.15) is 0 Å². The second-order valence-corrected chi connectivity index (χ2v) is 4.92. The maximum Gasteiger partial charge on any atom is 0.165 e. The van der Waals surface area contributed by atoms with Crippen molar-refractivity contribution in [1.82, 2.24) is 0 Å². The summed E-state index contributed by atoms with van der Waals surface area (Å²) < 4.78 is 0. The van der Waals surface area contributed by atoms with Crippen LogP contribution in [0.15, 0.2) is 18.2 Å². The normalized spacial score (nSPS) is 12.9. The number of benzene rings is 1. The number of rotatable bonds is 4. The van der Waals surface area contributed by atoms with Gasteiger partial charge in [0.05, 0.1) is 10.0 Å². The first-order valence-corrected chi connectivity index (χ1v) is 5.92. The molecule has 1 unspecified atom stereocenters. The van der Waals surface area contributed by atoms with E-state index in [-0.39, 0.29) is 24.2 Å². The Hall–Kier alpha value is -0.570. The van der Waals surface area contributed by atoms with E-state index < -0.39 is 0 Å². The number of hydrogen-bond donors (Lipinski definition) is 1. The fraction of sp³-hybridized carbons (Fsp3) is 0.417. The standard InChI is InChI=1S/C12H15Cl2NO/c1-7(2)10(15)6-11(16)8-4-3-5-9(13)12(8)14/h3-5,7,10H,6,15H2,1-2H3. The van der Waals surface area contributed by atoms with E-state index >= 15 is 0 Å². The van der Waals surface area contributed by atoms with Crippen molar-refractivity contribution in [3.63, 3.8) is 0 Å². The summed E-state index contributed by atoms with van der Waals surface area (Å²) in [6, 6.07) is 4.89. The van der Waals surface area contributed by atoms with Crippen LogP contribution >= 0.6 is 23.2 Å². The van der Waals surface area contributed by atoms with Gasteiger partial charge < -0.3 is 5.73 Å². The van der Waals surface area contributed by atoms with Crippen molar-refractivity contribution in [2.45, 2.75) is 26.3 Å². The molecule has 1 aromatic carbocycles. The van der Waals surface area contributed by atoms with Gasteiger partial charge in [-0.25, -0.2) is 0 Å². The van der Waals surface area contributed by atoms with E-state index in [1.54, 1.807) is 18.2 Å². The van der Waals surface area contributed by atoms with E-state index in [0.29, 0.717) is 15.6 Å². The first-order chi connectivity index (χ1) is 7.43. The quantitative estimate of drug-likeness (QED) is 0.841. The van der Waals surface area contributed by atoms with E-state index in [2.05, 4.69) is 0 Å². The third-order valence-corrected chi connectivity index (χ3v) is 3.35. The zero-order valence-corrected chi connectivity index (χ0v) is 10.8. The van der Waals surface area contributed by atoms with Crippen molar-refractivity contribution >= 4 is 29.0 Å². The average molecular weight is 260 g/mol. The summed E-state index contributed by atoms with van der Waals surface area (Å²) >= 11 is 11.8. The van der Waals surface area contributed by atoms with Gasteiger partial charge in [-0.15, -0.1) is 0 Å². The molecule has 0 saturated heterocycles. The first kappa shape index (κ1) is 13.5. The third kappa shape index (κ3) is 3.21. The number of halogens is 2. The molecular weight excluding hydrogens is 245 g/mol. The maximum atomic E-state index is 11.9. The Labute approximate surface area is 106 Å².